The molecule has 3 amide bonds. The van der Waals surface area contributed by atoms with Crippen molar-refractivity contribution < 1.29 is 22.8 Å². The van der Waals surface area contributed by atoms with Gasteiger partial charge in [-0.25, -0.2) is 20.2 Å². The molecule has 2 saturated carbocycles. The van der Waals surface area contributed by atoms with Crippen LogP contribution in [0.1, 0.15) is 59.6 Å². The third-order valence-electron chi connectivity index (χ3n) is 6.06. The van der Waals surface area contributed by atoms with Crippen LogP contribution in [0.3, 0.4) is 0 Å². The molecule has 5 rings (SSSR count). The van der Waals surface area contributed by atoms with Gasteiger partial charge in [0.15, 0.2) is 11.3 Å². The first-order valence-corrected chi connectivity index (χ1v) is 10.3. The predicted molar refractivity (Wildman–Crippen MR) is 101 cm³/mol. The van der Waals surface area contributed by atoms with Crippen LogP contribution in [0.2, 0.25) is 5.15 Å². The number of nitrogens with one attached hydrogen (secondary N) is 1. The van der Waals surface area contributed by atoms with E-state index >= 15 is 0 Å². The molecule has 1 saturated heterocycles. The van der Waals surface area contributed by atoms with E-state index in [9.17, 15) is 22.8 Å². The van der Waals surface area contributed by atoms with E-state index in [1.807, 2.05) is 0 Å². The molecule has 7 nitrogen and oxygen atoms in total. The van der Waals surface area contributed by atoms with Crippen molar-refractivity contribution in [2.75, 3.05) is 13.1 Å². The molecule has 1 aliphatic heterocycles. The maximum atomic E-state index is 13.6. The van der Waals surface area contributed by atoms with Gasteiger partial charge in [-0.3, -0.25) is 9.20 Å². The molecule has 3 aliphatic rings. The summed E-state index contributed by atoms with van der Waals surface area (Å²) in [7, 11) is 0. The number of carbonyl (C=O) groups is 2. The van der Waals surface area contributed by atoms with Gasteiger partial charge in [0.25, 0.3) is 5.91 Å². The minimum atomic E-state index is -4.64. The molecule has 2 aromatic rings. The normalized spacial score (nSPS) is 20.5. The molecule has 0 radical (unpaired) electrons. The summed E-state index contributed by atoms with van der Waals surface area (Å²) in [6.45, 7) is 0.553. The van der Waals surface area contributed by atoms with Crippen LogP contribution in [-0.4, -0.2) is 50.4 Å². The first-order chi connectivity index (χ1) is 14.2. The van der Waals surface area contributed by atoms with Crippen molar-refractivity contribution in [1.29, 1.82) is 0 Å². The second-order valence-electron chi connectivity index (χ2n) is 8.06. The van der Waals surface area contributed by atoms with E-state index in [4.69, 9.17) is 11.6 Å². The van der Waals surface area contributed by atoms with Crippen LogP contribution in [0.5, 0.6) is 0 Å². The van der Waals surface area contributed by atoms with Gasteiger partial charge in [0.1, 0.15) is 5.15 Å². The number of pyridine rings is 1. The van der Waals surface area contributed by atoms with Crippen molar-refractivity contribution in [3.63, 3.8) is 0 Å². The number of rotatable bonds is 3. The van der Waals surface area contributed by atoms with E-state index in [2.05, 4.69) is 10.4 Å². The molecule has 3 heterocycles. The van der Waals surface area contributed by atoms with E-state index in [1.165, 1.54) is 6.20 Å². The van der Waals surface area contributed by atoms with Crippen LogP contribution < -0.4 is 5.43 Å². The van der Waals surface area contributed by atoms with Crippen molar-refractivity contribution in [2.45, 2.75) is 50.2 Å². The van der Waals surface area contributed by atoms with Crippen LogP contribution >= 0.6 is 11.6 Å². The average Bonchev–Trinajstić information content (AvgIpc) is 3.44. The number of fused-ring (bicyclic) bond motifs is 1. The van der Waals surface area contributed by atoms with Crippen LogP contribution in [0.15, 0.2) is 12.3 Å². The lowest BCUT2D eigenvalue weighted by Crippen LogP contribution is -2.62. The zero-order valence-corrected chi connectivity index (χ0v) is 16.6. The van der Waals surface area contributed by atoms with Crippen molar-refractivity contribution >= 4 is 29.2 Å². The minimum Gasteiger partial charge on any atom is -0.319 e. The van der Waals surface area contributed by atoms with E-state index < -0.39 is 29.3 Å². The van der Waals surface area contributed by atoms with Gasteiger partial charge in [-0.1, -0.05) is 11.6 Å². The van der Waals surface area contributed by atoms with Gasteiger partial charge in [-0.15, -0.1) is 0 Å². The molecule has 0 spiro atoms. The smallest absolute Gasteiger partial charge is 0.319 e. The third-order valence-corrected chi connectivity index (χ3v) is 6.42. The number of nitrogens with zero attached hydrogens (tertiary/aromatic N) is 4. The lowest BCUT2D eigenvalue weighted by Gasteiger charge is -2.42. The molecular weight excluding hydrogens is 423 g/mol. The van der Waals surface area contributed by atoms with Gasteiger partial charge in [-0.2, -0.15) is 13.2 Å². The van der Waals surface area contributed by atoms with Crippen LogP contribution in [-0.2, 0) is 6.18 Å². The molecule has 0 bridgehead atoms. The lowest BCUT2D eigenvalue weighted by molar-refractivity contribution is -0.136. The van der Waals surface area contributed by atoms with Crippen molar-refractivity contribution in [3.8, 4) is 0 Å². The summed E-state index contributed by atoms with van der Waals surface area (Å²) in [5, 5.41) is 0.874. The van der Waals surface area contributed by atoms with Crippen molar-refractivity contribution in [3.05, 3.63) is 34.2 Å². The Balaban J connectivity index is 1.47. The Labute approximate surface area is 174 Å². The Morgan fingerprint density at radius 1 is 1.20 bits per heavy atom. The Morgan fingerprint density at radius 2 is 1.93 bits per heavy atom. The van der Waals surface area contributed by atoms with E-state index in [0.29, 0.717) is 12.1 Å². The second kappa shape index (κ2) is 6.76. The number of hydrazine groups is 1. The summed E-state index contributed by atoms with van der Waals surface area (Å²) < 4.78 is 42.0. The topological polar surface area (TPSA) is 70.0 Å². The summed E-state index contributed by atoms with van der Waals surface area (Å²) in [5.41, 5.74) is 1.38. The number of aromatic nitrogens is 2. The number of amides is 3. The third kappa shape index (κ3) is 3.17. The highest BCUT2D eigenvalue weighted by atomic mass is 35.5. The van der Waals surface area contributed by atoms with Crippen LogP contribution in [0.4, 0.5) is 18.0 Å². The fraction of sp³-hybridized carbons (Fsp3) is 0.526. The Bertz CT molecular complexity index is 1040. The van der Waals surface area contributed by atoms with Gasteiger partial charge >= 0.3 is 12.2 Å². The molecule has 0 unspecified atom stereocenters. The zero-order chi connectivity index (χ0) is 21.2. The van der Waals surface area contributed by atoms with Crippen molar-refractivity contribution in [2.24, 2.45) is 0 Å². The van der Waals surface area contributed by atoms with Gasteiger partial charge in [0, 0.05) is 18.8 Å². The van der Waals surface area contributed by atoms with E-state index in [1.54, 1.807) is 4.90 Å². The zero-order valence-electron chi connectivity index (χ0n) is 15.9. The Morgan fingerprint density at radius 3 is 2.50 bits per heavy atom. The van der Waals surface area contributed by atoms with Gasteiger partial charge in [0.2, 0.25) is 0 Å². The number of hydrogen-bond acceptors (Lipinski definition) is 3. The number of imidazole rings is 1. The first-order valence-electron chi connectivity index (χ1n) is 9.92. The highest BCUT2D eigenvalue weighted by molar-refractivity contribution is 6.33. The fourth-order valence-electron chi connectivity index (χ4n) is 3.99. The van der Waals surface area contributed by atoms with Crippen LogP contribution in [0.25, 0.3) is 5.65 Å². The standard InChI is InChI=1S/C19H19ClF3N5O2/c20-15-14(17(29)28-7-6-26(18(30)25-28)12-2-1-3-12)24-16-13(19(21,22)23)8-11(9-27(15)16)10-4-5-10/h8-10,12H,1-7H2,(H,25,30). The average molecular weight is 442 g/mol. The van der Waals surface area contributed by atoms with Gasteiger partial charge in [-0.05, 0) is 49.7 Å². The SMILES string of the molecule is O=C(c1nc2c(C(F)(F)F)cc(C3CC3)cn2c1Cl)N1CCN(C2CCC2)C(=O)N1. The summed E-state index contributed by atoms with van der Waals surface area (Å²) in [5.74, 6) is -0.668. The summed E-state index contributed by atoms with van der Waals surface area (Å²) in [4.78, 5) is 30.9. The number of urea groups is 1. The molecule has 160 valence electrons. The van der Waals surface area contributed by atoms with Crippen LogP contribution in [0, 0.1) is 0 Å². The number of carbonyl (C=O) groups excluding carboxylic acids is 2. The van der Waals surface area contributed by atoms with E-state index in [0.717, 1.165) is 47.6 Å². The number of hydrogen-bond donors (Lipinski definition) is 1. The van der Waals surface area contributed by atoms with E-state index in [-0.39, 0.29) is 29.4 Å². The summed E-state index contributed by atoms with van der Waals surface area (Å²) >= 11 is 6.30. The summed E-state index contributed by atoms with van der Waals surface area (Å²) in [6, 6.07) is 0.867. The molecular formula is C19H19ClF3N5O2. The molecule has 2 aliphatic carbocycles. The number of alkyl halides is 3. The molecule has 30 heavy (non-hydrogen) atoms. The molecule has 0 atom stereocenters. The first kappa shape index (κ1) is 19.5. The fourth-order valence-corrected chi connectivity index (χ4v) is 4.25. The molecule has 1 N–H and O–H groups in total. The molecule has 2 aromatic heterocycles. The van der Waals surface area contributed by atoms with Gasteiger partial charge < -0.3 is 4.90 Å². The van der Waals surface area contributed by atoms with Crippen molar-refractivity contribution in [1.82, 2.24) is 24.7 Å². The number of halogens is 4. The molecule has 3 fully saturated rings. The molecule has 0 aromatic carbocycles. The van der Waals surface area contributed by atoms with Gasteiger partial charge in [0.05, 0.1) is 12.1 Å². The second-order valence-corrected chi connectivity index (χ2v) is 8.41. The maximum Gasteiger partial charge on any atom is 0.419 e. The quantitative estimate of drug-likeness (QED) is 0.787. The lowest BCUT2D eigenvalue weighted by atomic mass is 9.91. The molecule has 11 heteroatoms. The highest BCUT2D eigenvalue weighted by Gasteiger charge is 2.39. The summed E-state index contributed by atoms with van der Waals surface area (Å²) in [6.07, 6.45) is 1.45. The Kier molecular flexibility index (Phi) is 4.39. The monoisotopic (exact) mass is 441 g/mol. The highest BCUT2D eigenvalue weighted by Crippen LogP contribution is 2.43. The maximum absolute atomic E-state index is 13.6. The Hall–Kier alpha value is -2.49. The predicted octanol–water partition coefficient (Wildman–Crippen LogP) is 3.82. The largest absolute Gasteiger partial charge is 0.419 e. The minimum absolute atomic E-state index is 0.0620.